The van der Waals surface area contributed by atoms with Crippen molar-refractivity contribution in [2.75, 3.05) is 57.8 Å². The summed E-state index contributed by atoms with van der Waals surface area (Å²) in [6.07, 6.45) is 0.313. The molecule has 7 nitrogen and oxygen atoms in total. The molecule has 0 saturated carbocycles. The standard InChI is InChI=1S/C17H26N4O3/c1-18-16(22)14-24-17(23)19-8-5-9-20-10-12-21(13-11-20)15-6-3-2-4-7-15/h2-4,6-7H,5,8-14H2,1H3,(H,18,22)(H,19,23). The number of amides is 2. The summed E-state index contributed by atoms with van der Waals surface area (Å²) in [5.41, 5.74) is 1.28. The molecule has 2 amide bonds. The number of carbonyl (C=O) groups is 2. The normalized spacial score (nSPS) is 15.0. The van der Waals surface area contributed by atoms with Crippen molar-refractivity contribution >= 4 is 17.7 Å². The smallest absolute Gasteiger partial charge is 0.407 e. The van der Waals surface area contributed by atoms with Gasteiger partial charge in [-0.05, 0) is 25.1 Å². The Morgan fingerprint density at radius 3 is 2.50 bits per heavy atom. The second-order valence-corrected chi connectivity index (χ2v) is 5.69. The van der Waals surface area contributed by atoms with Crippen molar-refractivity contribution in [1.29, 1.82) is 0 Å². The average Bonchev–Trinajstić information content (AvgIpc) is 2.64. The van der Waals surface area contributed by atoms with Gasteiger partial charge in [-0.3, -0.25) is 9.69 Å². The zero-order valence-electron chi connectivity index (χ0n) is 14.2. The number of nitrogens with one attached hydrogen (secondary N) is 2. The molecule has 0 aliphatic carbocycles. The molecule has 2 N–H and O–H groups in total. The number of anilines is 1. The maximum atomic E-state index is 11.4. The fourth-order valence-corrected chi connectivity index (χ4v) is 2.62. The first-order valence-electron chi connectivity index (χ1n) is 8.32. The summed E-state index contributed by atoms with van der Waals surface area (Å²) in [6, 6.07) is 10.5. The van der Waals surface area contributed by atoms with E-state index in [0.29, 0.717) is 6.54 Å². The minimum Gasteiger partial charge on any atom is -0.439 e. The highest BCUT2D eigenvalue weighted by atomic mass is 16.6. The van der Waals surface area contributed by atoms with E-state index in [1.54, 1.807) is 0 Å². The van der Waals surface area contributed by atoms with Gasteiger partial charge in [0.15, 0.2) is 6.61 Å². The number of para-hydroxylation sites is 1. The fourth-order valence-electron chi connectivity index (χ4n) is 2.62. The Kier molecular flexibility index (Phi) is 7.35. The van der Waals surface area contributed by atoms with Gasteiger partial charge < -0.3 is 20.3 Å². The number of hydrogen-bond donors (Lipinski definition) is 2. The van der Waals surface area contributed by atoms with Crippen LogP contribution in [0.4, 0.5) is 10.5 Å². The molecule has 132 valence electrons. The van der Waals surface area contributed by atoms with Gasteiger partial charge in [-0.1, -0.05) is 18.2 Å². The molecular weight excluding hydrogens is 308 g/mol. The quantitative estimate of drug-likeness (QED) is 0.717. The molecule has 1 aliphatic heterocycles. The third kappa shape index (κ3) is 6.08. The Balaban J connectivity index is 1.55. The number of hydrogen-bond acceptors (Lipinski definition) is 5. The molecule has 0 unspecified atom stereocenters. The summed E-state index contributed by atoms with van der Waals surface area (Å²) in [5, 5.41) is 5.05. The van der Waals surface area contributed by atoms with E-state index in [1.807, 2.05) is 6.07 Å². The topological polar surface area (TPSA) is 73.9 Å². The Bertz CT molecular complexity index is 516. The Hall–Kier alpha value is -2.28. The van der Waals surface area contributed by atoms with Crippen molar-refractivity contribution in [3.05, 3.63) is 30.3 Å². The predicted molar refractivity (Wildman–Crippen MR) is 93.1 cm³/mol. The number of rotatable bonds is 7. The van der Waals surface area contributed by atoms with Gasteiger partial charge in [-0.2, -0.15) is 0 Å². The molecule has 1 aliphatic rings. The van der Waals surface area contributed by atoms with Gasteiger partial charge in [0.1, 0.15) is 0 Å². The van der Waals surface area contributed by atoms with Crippen molar-refractivity contribution in [2.24, 2.45) is 0 Å². The van der Waals surface area contributed by atoms with Gasteiger partial charge in [0.25, 0.3) is 5.91 Å². The van der Waals surface area contributed by atoms with Crippen molar-refractivity contribution in [3.8, 4) is 0 Å². The highest BCUT2D eigenvalue weighted by molar-refractivity contribution is 5.79. The number of ether oxygens (including phenoxy) is 1. The van der Waals surface area contributed by atoms with Gasteiger partial charge in [0, 0.05) is 45.5 Å². The number of nitrogens with zero attached hydrogens (tertiary/aromatic N) is 2. The molecule has 0 radical (unpaired) electrons. The summed E-state index contributed by atoms with van der Waals surface area (Å²) >= 11 is 0. The Morgan fingerprint density at radius 1 is 1.12 bits per heavy atom. The van der Waals surface area contributed by atoms with Gasteiger partial charge in [-0.25, -0.2) is 4.79 Å². The zero-order chi connectivity index (χ0) is 17.2. The lowest BCUT2D eigenvalue weighted by molar-refractivity contribution is -0.123. The van der Waals surface area contributed by atoms with Crippen LogP contribution in [0.25, 0.3) is 0 Å². The zero-order valence-corrected chi connectivity index (χ0v) is 14.2. The van der Waals surface area contributed by atoms with Crippen LogP contribution in [0.5, 0.6) is 0 Å². The lowest BCUT2D eigenvalue weighted by Gasteiger charge is -2.36. The molecule has 1 fully saturated rings. The van der Waals surface area contributed by atoms with Gasteiger partial charge >= 0.3 is 6.09 Å². The van der Waals surface area contributed by atoms with Gasteiger partial charge in [0.2, 0.25) is 0 Å². The van der Waals surface area contributed by atoms with Crippen molar-refractivity contribution in [2.45, 2.75) is 6.42 Å². The molecule has 1 aromatic carbocycles. The van der Waals surface area contributed by atoms with Crippen molar-refractivity contribution in [3.63, 3.8) is 0 Å². The maximum absolute atomic E-state index is 11.4. The molecular formula is C17H26N4O3. The van der Waals surface area contributed by atoms with Gasteiger partial charge in [0.05, 0.1) is 0 Å². The number of carbonyl (C=O) groups excluding carboxylic acids is 2. The number of alkyl carbamates (subject to hydrolysis) is 1. The summed E-state index contributed by atoms with van der Waals surface area (Å²) in [7, 11) is 1.50. The van der Waals surface area contributed by atoms with E-state index in [-0.39, 0.29) is 12.5 Å². The number of benzene rings is 1. The minimum absolute atomic E-state index is 0.246. The van der Waals surface area contributed by atoms with E-state index in [2.05, 4.69) is 44.7 Å². The second kappa shape index (κ2) is 9.77. The van der Waals surface area contributed by atoms with Crippen LogP contribution in [-0.4, -0.2) is 69.8 Å². The van der Waals surface area contributed by atoms with E-state index in [9.17, 15) is 9.59 Å². The second-order valence-electron chi connectivity index (χ2n) is 5.69. The lowest BCUT2D eigenvalue weighted by atomic mass is 10.2. The lowest BCUT2D eigenvalue weighted by Crippen LogP contribution is -2.47. The SMILES string of the molecule is CNC(=O)COC(=O)NCCCN1CCN(c2ccccc2)CC1. The van der Waals surface area contributed by atoms with E-state index in [1.165, 1.54) is 12.7 Å². The van der Waals surface area contributed by atoms with E-state index in [4.69, 9.17) is 4.74 Å². The van der Waals surface area contributed by atoms with Crippen LogP contribution in [0.2, 0.25) is 0 Å². The van der Waals surface area contributed by atoms with Crippen molar-refractivity contribution < 1.29 is 14.3 Å². The van der Waals surface area contributed by atoms with Crippen LogP contribution in [-0.2, 0) is 9.53 Å². The first kappa shape index (κ1) is 18.1. The monoisotopic (exact) mass is 334 g/mol. The van der Waals surface area contributed by atoms with Crippen LogP contribution >= 0.6 is 0 Å². The molecule has 0 spiro atoms. The summed E-state index contributed by atoms with van der Waals surface area (Å²) in [4.78, 5) is 27.1. The molecule has 1 heterocycles. The largest absolute Gasteiger partial charge is 0.439 e. The third-order valence-corrected chi connectivity index (χ3v) is 4.03. The van der Waals surface area contributed by atoms with Crippen LogP contribution in [0.1, 0.15) is 6.42 Å². The highest BCUT2D eigenvalue weighted by Gasteiger charge is 2.16. The summed E-state index contributed by atoms with van der Waals surface area (Å²) < 4.78 is 4.77. The van der Waals surface area contributed by atoms with Crippen LogP contribution in [0.15, 0.2) is 30.3 Å². The Labute approximate surface area is 142 Å². The summed E-state index contributed by atoms with van der Waals surface area (Å²) in [6.45, 7) is 5.33. The molecule has 24 heavy (non-hydrogen) atoms. The summed E-state index contributed by atoms with van der Waals surface area (Å²) in [5.74, 6) is -0.318. The molecule has 7 heteroatoms. The predicted octanol–water partition coefficient (Wildman–Crippen LogP) is 0.671. The molecule has 2 rings (SSSR count). The van der Waals surface area contributed by atoms with Crippen LogP contribution in [0.3, 0.4) is 0 Å². The van der Waals surface area contributed by atoms with E-state index >= 15 is 0 Å². The average molecular weight is 334 g/mol. The number of piperazine rings is 1. The molecule has 1 aromatic rings. The minimum atomic E-state index is -0.549. The highest BCUT2D eigenvalue weighted by Crippen LogP contribution is 2.15. The Morgan fingerprint density at radius 2 is 1.83 bits per heavy atom. The first-order valence-corrected chi connectivity index (χ1v) is 8.32. The van der Waals surface area contributed by atoms with E-state index in [0.717, 1.165) is 39.1 Å². The first-order chi connectivity index (χ1) is 11.7. The number of likely N-dealkylation sites (N-methyl/N-ethyl adjacent to an activating group) is 1. The van der Waals surface area contributed by atoms with E-state index < -0.39 is 6.09 Å². The fraction of sp³-hybridized carbons (Fsp3) is 0.529. The van der Waals surface area contributed by atoms with Gasteiger partial charge in [-0.15, -0.1) is 0 Å². The maximum Gasteiger partial charge on any atom is 0.407 e. The van der Waals surface area contributed by atoms with Crippen LogP contribution in [0, 0.1) is 0 Å². The molecule has 0 atom stereocenters. The van der Waals surface area contributed by atoms with Crippen LogP contribution < -0.4 is 15.5 Å². The molecule has 1 saturated heterocycles. The molecule has 0 aromatic heterocycles. The van der Waals surface area contributed by atoms with Crippen molar-refractivity contribution in [1.82, 2.24) is 15.5 Å². The molecule has 0 bridgehead atoms. The third-order valence-electron chi connectivity index (χ3n) is 4.03.